The second kappa shape index (κ2) is 10.7. The molecule has 0 saturated carbocycles. The molecule has 6 nitrogen and oxygen atoms in total. The van der Waals surface area contributed by atoms with Gasteiger partial charge < -0.3 is 14.4 Å². The highest BCUT2D eigenvalue weighted by Crippen LogP contribution is 2.42. The van der Waals surface area contributed by atoms with E-state index in [9.17, 15) is 14.0 Å². The van der Waals surface area contributed by atoms with E-state index in [1.807, 2.05) is 18.9 Å². The Balaban J connectivity index is 1.68. The first-order valence-corrected chi connectivity index (χ1v) is 11.1. The van der Waals surface area contributed by atoms with Crippen molar-refractivity contribution in [1.82, 2.24) is 4.90 Å². The molecule has 0 aromatic heterocycles. The van der Waals surface area contributed by atoms with Gasteiger partial charge in [0.05, 0.1) is 17.9 Å². The van der Waals surface area contributed by atoms with Gasteiger partial charge in [0, 0.05) is 25.9 Å². The zero-order valence-electron chi connectivity index (χ0n) is 18.0. The van der Waals surface area contributed by atoms with E-state index in [4.69, 9.17) is 9.47 Å². The standard InChI is InChI=1S/C23H27FN2O4S/c1-16-14-18(23(28)30-13-11-25(2)10-12-29-3)6-9-20(16)26-21(27)15-31-22(26)17-4-7-19(24)8-5-17/h4-9,14,22H,10-13,15H2,1-3H3. The minimum atomic E-state index is -0.396. The van der Waals surface area contributed by atoms with Crippen LogP contribution in [0.1, 0.15) is 26.9 Å². The number of rotatable bonds is 9. The molecule has 0 N–H and O–H groups in total. The van der Waals surface area contributed by atoms with E-state index in [-0.39, 0.29) is 23.7 Å². The third-order valence-corrected chi connectivity index (χ3v) is 6.31. The summed E-state index contributed by atoms with van der Waals surface area (Å²) in [6.45, 7) is 4.15. The van der Waals surface area contributed by atoms with Crippen molar-refractivity contribution < 1.29 is 23.5 Å². The molecule has 0 radical (unpaired) electrons. The van der Waals surface area contributed by atoms with Crippen molar-refractivity contribution in [3.8, 4) is 0 Å². The zero-order valence-corrected chi connectivity index (χ0v) is 18.8. The average molecular weight is 447 g/mol. The van der Waals surface area contributed by atoms with E-state index in [1.54, 1.807) is 42.3 Å². The summed E-state index contributed by atoms with van der Waals surface area (Å²) in [5.74, 6) is -0.376. The van der Waals surface area contributed by atoms with E-state index in [2.05, 4.69) is 0 Å². The van der Waals surface area contributed by atoms with Crippen molar-refractivity contribution >= 4 is 29.3 Å². The molecule has 0 aliphatic carbocycles. The van der Waals surface area contributed by atoms with Crippen molar-refractivity contribution in [2.75, 3.05) is 51.1 Å². The highest BCUT2D eigenvalue weighted by Gasteiger charge is 2.35. The Morgan fingerprint density at radius 3 is 2.58 bits per heavy atom. The van der Waals surface area contributed by atoms with E-state index >= 15 is 0 Å². The van der Waals surface area contributed by atoms with Crippen molar-refractivity contribution in [2.45, 2.75) is 12.3 Å². The van der Waals surface area contributed by atoms with Gasteiger partial charge in [0.25, 0.3) is 0 Å². The van der Waals surface area contributed by atoms with E-state index in [0.29, 0.717) is 24.5 Å². The first-order valence-electron chi connectivity index (χ1n) is 10.0. The normalized spacial score (nSPS) is 16.2. The number of hydrogen-bond acceptors (Lipinski definition) is 6. The molecule has 8 heteroatoms. The molecule has 1 saturated heterocycles. The molecular formula is C23H27FN2O4S. The Morgan fingerprint density at radius 1 is 1.19 bits per heavy atom. The second-order valence-electron chi connectivity index (χ2n) is 7.41. The monoisotopic (exact) mass is 446 g/mol. The van der Waals surface area contributed by atoms with Crippen LogP contribution in [0.2, 0.25) is 0 Å². The maximum Gasteiger partial charge on any atom is 0.338 e. The maximum absolute atomic E-state index is 13.3. The number of ether oxygens (including phenoxy) is 2. The average Bonchev–Trinajstić information content (AvgIpc) is 3.13. The maximum atomic E-state index is 13.3. The van der Waals surface area contributed by atoms with E-state index in [1.165, 1.54) is 23.9 Å². The summed E-state index contributed by atoms with van der Waals surface area (Å²) in [6.07, 6.45) is 0. The molecule has 0 bridgehead atoms. The SMILES string of the molecule is COCCN(C)CCOC(=O)c1ccc(N2C(=O)CSC2c2ccc(F)cc2)c(C)c1. The molecule has 166 valence electrons. The number of methoxy groups -OCH3 is 1. The Morgan fingerprint density at radius 2 is 1.90 bits per heavy atom. The van der Waals surface area contributed by atoms with Crippen LogP contribution in [-0.2, 0) is 14.3 Å². The lowest BCUT2D eigenvalue weighted by atomic mass is 10.1. The van der Waals surface area contributed by atoms with Gasteiger partial charge in [-0.3, -0.25) is 9.69 Å². The minimum absolute atomic E-state index is 0.0168. The largest absolute Gasteiger partial charge is 0.461 e. The van der Waals surface area contributed by atoms with Crippen LogP contribution < -0.4 is 4.90 Å². The lowest BCUT2D eigenvalue weighted by Crippen LogP contribution is -2.29. The number of esters is 1. The number of halogens is 1. The van der Waals surface area contributed by atoms with E-state index < -0.39 is 5.97 Å². The molecule has 3 rings (SSSR count). The molecule has 1 unspecified atom stereocenters. The summed E-state index contributed by atoms with van der Waals surface area (Å²) in [5.41, 5.74) is 2.84. The fourth-order valence-electron chi connectivity index (χ4n) is 3.35. The number of anilines is 1. The quantitative estimate of drug-likeness (QED) is 0.548. The van der Waals surface area contributed by atoms with Gasteiger partial charge in [-0.2, -0.15) is 0 Å². The highest BCUT2D eigenvalue weighted by molar-refractivity contribution is 8.00. The third-order valence-electron chi connectivity index (χ3n) is 5.10. The van der Waals surface area contributed by atoms with Crippen LogP contribution in [0.15, 0.2) is 42.5 Å². The highest BCUT2D eigenvalue weighted by atomic mass is 32.2. The summed E-state index contributed by atoms with van der Waals surface area (Å²) < 4.78 is 23.7. The number of carbonyl (C=O) groups is 2. The number of aryl methyl sites for hydroxylation is 1. The smallest absolute Gasteiger partial charge is 0.338 e. The van der Waals surface area contributed by atoms with Gasteiger partial charge in [-0.05, 0) is 55.4 Å². The van der Waals surface area contributed by atoms with Crippen LogP contribution >= 0.6 is 11.8 Å². The summed E-state index contributed by atoms with van der Waals surface area (Å²) in [4.78, 5) is 28.8. The lowest BCUT2D eigenvalue weighted by Gasteiger charge is -2.26. The molecule has 1 fully saturated rings. The van der Waals surface area contributed by atoms with Crippen LogP contribution in [0, 0.1) is 12.7 Å². The van der Waals surface area contributed by atoms with Gasteiger partial charge in [-0.15, -0.1) is 11.8 Å². The molecular weight excluding hydrogens is 419 g/mol. The number of benzene rings is 2. The number of carbonyl (C=O) groups excluding carboxylic acids is 2. The summed E-state index contributed by atoms with van der Waals surface area (Å²) in [5, 5.41) is -0.229. The molecule has 1 aliphatic heterocycles. The Kier molecular flexibility index (Phi) is 8.06. The Hall–Kier alpha value is -2.42. The first-order chi connectivity index (χ1) is 14.9. The van der Waals surface area contributed by atoms with Crippen molar-refractivity contribution in [3.63, 3.8) is 0 Å². The van der Waals surface area contributed by atoms with Crippen molar-refractivity contribution in [2.24, 2.45) is 0 Å². The van der Waals surface area contributed by atoms with Crippen LogP contribution in [-0.4, -0.2) is 63.0 Å². The molecule has 2 aromatic rings. The first kappa shape index (κ1) is 23.2. The van der Waals surface area contributed by atoms with Gasteiger partial charge in [0.2, 0.25) is 5.91 Å². The number of likely N-dealkylation sites (N-methyl/N-ethyl adjacent to an activating group) is 1. The van der Waals surface area contributed by atoms with Crippen LogP contribution in [0.3, 0.4) is 0 Å². The Labute approximate surface area is 186 Å². The molecule has 0 spiro atoms. The fourth-order valence-corrected chi connectivity index (χ4v) is 4.52. The predicted octanol–water partition coefficient (Wildman–Crippen LogP) is 3.65. The van der Waals surface area contributed by atoms with Crippen molar-refractivity contribution in [3.05, 3.63) is 65.0 Å². The van der Waals surface area contributed by atoms with Gasteiger partial charge in [-0.25, -0.2) is 9.18 Å². The lowest BCUT2D eigenvalue weighted by molar-refractivity contribution is -0.115. The number of nitrogens with zero attached hydrogens (tertiary/aromatic N) is 2. The number of thioether (sulfide) groups is 1. The third kappa shape index (κ3) is 5.84. The van der Waals surface area contributed by atoms with Crippen LogP contribution in [0.25, 0.3) is 0 Å². The van der Waals surface area contributed by atoms with Gasteiger partial charge in [0.15, 0.2) is 0 Å². The van der Waals surface area contributed by atoms with Gasteiger partial charge >= 0.3 is 5.97 Å². The molecule has 2 aromatic carbocycles. The van der Waals surface area contributed by atoms with Gasteiger partial charge in [-0.1, -0.05) is 12.1 Å². The molecule has 1 amide bonds. The van der Waals surface area contributed by atoms with Gasteiger partial charge in [0.1, 0.15) is 17.8 Å². The van der Waals surface area contributed by atoms with Crippen LogP contribution in [0.5, 0.6) is 0 Å². The minimum Gasteiger partial charge on any atom is -0.461 e. The predicted molar refractivity (Wildman–Crippen MR) is 120 cm³/mol. The Bertz CT molecular complexity index is 922. The van der Waals surface area contributed by atoms with Crippen molar-refractivity contribution in [1.29, 1.82) is 0 Å². The summed E-state index contributed by atoms with van der Waals surface area (Å²) in [6, 6.07) is 11.4. The second-order valence-corrected chi connectivity index (χ2v) is 8.48. The zero-order chi connectivity index (χ0) is 22.4. The topological polar surface area (TPSA) is 59.1 Å². The molecule has 31 heavy (non-hydrogen) atoms. The van der Waals surface area contributed by atoms with E-state index in [0.717, 1.165) is 23.4 Å². The summed E-state index contributed by atoms with van der Waals surface area (Å²) in [7, 11) is 3.59. The fraction of sp³-hybridized carbons (Fsp3) is 0.391. The summed E-state index contributed by atoms with van der Waals surface area (Å²) >= 11 is 1.50. The van der Waals surface area contributed by atoms with Crippen LogP contribution in [0.4, 0.5) is 10.1 Å². The number of hydrogen-bond donors (Lipinski definition) is 0. The molecule has 1 aliphatic rings. The number of amides is 1. The molecule has 1 atom stereocenters. The molecule has 1 heterocycles.